The lowest BCUT2D eigenvalue weighted by atomic mass is 10.3. The van der Waals surface area contributed by atoms with E-state index in [-0.39, 0.29) is 23.2 Å². The van der Waals surface area contributed by atoms with Crippen LogP contribution in [0.5, 0.6) is 0 Å². The first-order chi connectivity index (χ1) is 11.0. The maximum atomic E-state index is 12.8. The lowest BCUT2D eigenvalue weighted by molar-refractivity contribution is -0.115. The van der Waals surface area contributed by atoms with E-state index in [2.05, 4.69) is 5.32 Å². The highest BCUT2D eigenvalue weighted by Gasteiger charge is 2.08. The smallest absolute Gasteiger partial charge is 0.234 e. The monoisotopic (exact) mass is 350 g/mol. The predicted octanol–water partition coefficient (Wildman–Crippen LogP) is 3.13. The zero-order chi connectivity index (χ0) is 16.7. The van der Waals surface area contributed by atoms with Gasteiger partial charge in [0.2, 0.25) is 11.8 Å². The van der Waals surface area contributed by atoms with Gasteiger partial charge in [0.15, 0.2) is 0 Å². The van der Waals surface area contributed by atoms with Crippen LogP contribution >= 0.6 is 23.5 Å². The molecule has 120 valence electrons. The van der Waals surface area contributed by atoms with Crippen molar-refractivity contribution in [2.24, 2.45) is 5.73 Å². The molecule has 4 nitrogen and oxygen atoms in total. The zero-order valence-corrected chi connectivity index (χ0v) is 13.8. The van der Waals surface area contributed by atoms with E-state index in [0.717, 1.165) is 9.79 Å². The highest BCUT2D eigenvalue weighted by molar-refractivity contribution is 8.00. The quantitative estimate of drug-likeness (QED) is 0.753. The number of nitrogens with one attached hydrogen (secondary N) is 1. The fraction of sp³-hybridized carbons (Fsp3) is 0.125. The molecule has 0 aliphatic heterocycles. The molecule has 0 spiro atoms. The van der Waals surface area contributed by atoms with Gasteiger partial charge >= 0.3 is 0 Å². The van der Waals surface area contributed by atoms with Crippen LogP contribution in [-0.2, 0) is 9.59 Å². The number of carbonyl (C=O) groups excluding carboxylic acids is 2. The second-order valence-corrected chi connectivity index (χ2v) is 6.61. The first-order valence-electron chi connectivity index (χ1n) is 6.73. The SMILES string of the molecule is NC(=O)CSc1ccccc1NC(=O)CSc1ccc(F)cc1. The summed E-state index contributed by atoms with van der Waals surface area (Å²) >= 11 is 2.60. The van der Waals surface area contributed by atoms with E-state index in [1.54, 1.807) is 24.3 Å². The summed E-state index contributed by atoms with van der Waals surface area (Å²) in [4.78, 5) is 24.5. The number of nitrogens with two attached hydrogens (primary N) is 1. The number of amides is 2. The van der Waals surface area contributed by atoms with Crippen molar-refractivity contribution in [1.82, 2.24) is 0 Å². The molecule has 0 aromatic heterocycles. The third-order valence-electron chi connectivity index (χ3n) is 2.71. The van der Waals surface area contributed by atoms with Crippen molar-refractivity contribution in [3.8, 4) is 0 Å². The maximum absolute atomic E-state index is 12.8. The van der Waals surface area contributed by atoms with Gasteiger partial charge in [0, 0.05) is 9.79 Å². The van der Waals surface area contributed by atoms with Gasteiger partial charge in [0.1, 0.15) is 5.82 Å². The molecule has 23 heavy (non-hydrogen) atoms. The Balaban J connectivity index is 1.92. The number of benzene rings is 2. The Morgan fingerprint density at radius 1 is 1.00 bits per heavy atom. The average molecular weight is 350 g/mol. The number of halogens is 1. The third-order valence-corrected chi connectivity index (χ3v) is 4.82. The van der Waals surface area contributed by atoms with Gasteiger partial charge in [0.05, 0.1) is 17.2 Å². The van der Waals surface area contributed by atoms with Crippen LogP contribution in [0.2, 0.25) is 0 Å². The van der Waals surface area contributed by atoms with E-state index in [4.69, 9.17) is 5.73 Å². The van der Waals surface area contributed by atoms with E-state index in [1.807, 2.05) is 12.1 Å². The predicted molar refractivity (Wildman–Crippen MR) is 92.1 cm³/mol. The van der Waals surface area contributed by atoms with Gasteiger partial charge in [-0.3, -0.25) is 9.59 Å². The van der Waals surface area contributed by atoms with Crippen molar-refractivity contribution >= 4 is 41.0 Å². The van der Waals surface area contributed by atoms with Gasteiger partial charge in [-0.05, 0) is 36.4 Å². The molecule has 2 aromatic rings. The molecule has 3 N–H and O–H groups in total. The van der Waals surface area contributed by atoms with E-state index in [9.17, 15) is 14.0 Å². The largest absolute Gasteiger partial charge is 0.369 e. The molecule has 0 saturated heterocycles. The molecule has 0 bridgehead atoms. The molecule has 2 rings (SSSR count). The molecule has 0 saturated carbocycles. The summed E-state index contributed by atoms with van der Waals surface area (Å²) in [5.41, 5.74) is 5.78. The molecule has 0 radical (unpaired) electrons. The Morgan fingerprint density at radius 3 is 2.39 bits per heavy atom. The normalized spacial score (nSPS) is 10.3. The van der Waals surface area contributed by atoms with Gasteiger partial charge < -0.3 is 11.1 Å². The van der Waals surface area contributed by atoms with Crippen LogP contribution in [0, 0.1) is 5.82 Å². The van der Waals surface area contributed by atoms with Crippen LogP contribution in [0.25, 0.3) is 0 Å². The number of carbonyl (C=O) groups is 2. The Morgan fingerprint density at radius 2 is 1.70 bits per heavy atom. The number of thioether (sulfide) groups is 2. The first-order valence-corrected chi connectivity index (χ1v) is 8.70. The van der Waals surface area contributed by atoms with Crippen molar-refractivity contribution in [2.75, 3.05) is 16.8 Å². The van der Waals surface area contributed by atoms with Crippen molar-refractivity contribution in [3.63, 3.8) is 0 Å². The molecule has 0 aliphatic rings. The van der Waals surface area contributed by atoms with Crippen LogP contribution in [0.3, 0.4) is 0 Å². The number of hydrogen-bond donors (Lipinski definition) is 2. The summed E-state index contributed by atoms with van der Waals surface area (Å²) in [6.45, 7) is 0. The highest BCUT2D eigenvalue weighted by Crippen LogP contribution is 2.27. The molecule has 0 heterocycles. The first kappa shape index (κ1) is 17.4. The van der Waals surface area contributed by atoms with E-state index < -0.39 is 5.91 Å². The summed E-state index contributed by atoms with van der Waals surface area (Å²) < 4.78 is 12.8. The summed E-state index contributed by atoms with van der Waals surface area (Å²) in [5.74, 6) is -0.536. The Bertz CT molecular complexity index is 693. The van der Waals surface area contributed by atoms with Gasteiger partial charge in [0.25, 0.3) is 0 Å². The van der Waals surface area contributed by atoms with Crippen molar-refractivity contribution < 1.29 is 14.0 Å². The fourth-order valence-corrected chi connectivity index (χ4v) is 3.16. The Labute approximate surface area is 142 Å². The van der Waals surface area contributed by atoms with Crippen LogP contribution in [-0.4, -0.2) is 23.3 Å². The van der Waals surface area contributed by atoms with Gasteiger partial charge in [-0.25, -0.2) is 4.39 Å². The van der Waals surface area contributed by atoms with Crippen molar-refractivity contribution in [2.45, 2.75) is 9.79 Å². The number of primary amides is 1. The number of hydrogen-bond acceptors (Lipinski definition) is 4. The topological polar surface area (TPSA) is 72.2 Å². The second-order valence-electron chi connectivity index (χ2n) is 4.54. The molecule has 0 atom stereocenters. The average Bonchev–Trinajstić information content (AvgIpc) is 2.53. The minimum Gasteiger partial charge on any atom is -0.369 e. The Kier molecular flexibility index (Phi) is 6.49. The molecular formula is C16H15FN2O2S2. The Hall–Kier alpha value is -1.99. The summed E-state index contributed by atoms with van der Waals surface area (Å²) in [7, 11) is 0. The van der Waals surface area contributed by atoms with Gasteiger partial charge in [-0.1, -0.05) is 12.1 Å². The standard InChI is InChI=1S/C16H15FN2O2S2/c17-11-5-7-12(8-6-11)22-10-16(21)19-13-3-1-2-4-14(13)23-9-15(18)20/h1-8H,9-10H2,(H2,18,20)(H,19,21). The minimum atomic E-state index is -0.414. The van der Waals surface area contributed by atoms with Crippen molar-refractivity contribution in [1.29, 1.82) is 0 Å². The van der Waals surface area contributed by atoms with Crippen LogP contribution in [0.1, 0.15) is 0 Å². The van der Waals surface area contributed by atoms with E-state index in [1.165, 1.54) is 35.7 Å². The number of para-hydroxylation sites is 1. The van der Waals surface area contributed by atoms with Gasteiger partial charge in [-0.15, -0.1) is 23.5 Å². The van der Waals surface area contributed by atoms with E-state index in [0.29, 0.717) is 5.69 Å². The van der Waals surface area contributed by atoms with Crippen molar-refractivity contribution in [3.05, 3.63) is 54.3 Å². The number of anilines is 1. The molecular weight excluding hydrogens is 335 g/mol. The van der Waals surface area contributed by atoms with E-state index >= 15 is 0 Å². The van der Waals surface area contributed by atoms with Crippen LogP contribution in [0.4, 0.5) is 10.1 Å². The maximum Gasteiger partial charge on any atom is 0.234 e. The number of rotatable bonds is 7. The molecule has 0 aliphatic carbocycles. The van der Waals surface area contributed by atoms with Gasteiger partial charge in [-0.2, -0.15) is 0 Å². The fourth-order valence-electron chi connectivity index (χ4n) is 1.71. The second kappa shape index (κ2) is 8.59. The molecule has 7 heteroatoms. The van der Waals surface area contributed by atoms with Crippen LogP contribution < -0.4 is 11.1 Å². The molecule has 2 aromatic carbocycles. The molecule has 0 unspecified atom stereocenters. The van der Waals surface area contributed by atoms with Crippen LogP contribution in [0.15, 0.2) is 58.3 Å². The highest BCUT2D eigenvalue weighted by atomic mass is 32.2. The lowest BCUT2D eigenvalue weighted by Gasteiger charge is -2.10. The summed E-state index contributed by atoms with van der Waals surface area (Å²) in [5, 5.41) is 2.81. The molecule has 0 fully saturated rings. The summed E-state index contributed by atoms with van der Waals surface area (Å²) in [6.07, 6.45) is 0. The summed E-state index contributed by atoms with van der Waals surface area (Å²) in [6, 6.07) is 13.2. The lowest BCUT2D eigenvalue weighted by Crippen LogP contribution is -2.15. The molecule has 2 amide bonds. The minimum absolute atomic E-state index is 0.150. The zero-order valence-electron chi connectivity index (χ0n) is 12.1. The third kappa shape index (κ3) is 5.96.